The average molecular weight is 493 g/mol. The zero-order valence-corrected chi connectivity index (χ0v) is 20.4. The molecule has 3 N–H and O–H groups in total. The molecule has 0 fully saturated rings. The van der Waals surface area contributed by atoms with Crippen LogP contribution in [0.3, 0.4) is 0 Å². The monoisotopic (exact) mass is 492 g/mol. The molecule has 1 aromatic heterocycles. The number of aliphatic hydroxyl groups excluding tert-OH is 1. The number of aromatic nitrogens is 2. The average Bonchev–Trinajstić information content (AvgIpc) is 2.85. The molecular formula is C25H26N5O4S-. The summed E-state index contributed by atoms with van der Waals surface area (Å²) < 4.78 is 20.3. The van der Waals surface area contributed by atoms with Crippen molar-refractivity contribution in [3.63, 3.8) is 0 Å². The highest BCUT2D eigenvalue weighted by Crippen LogP contribution is 2.19. The molecule has 1 amide bonds. The van der Waals surface area contributed by atoms with Crippen molar-refractivity contribution < 1.29 is 18.8 Å². The molecule has 182 valence electrons. The molecule has 1 heterocycles. The van der Waals surface area contributed by atoms with Crippen molar-refractivity contribution in [2.24, 2.45) is 4.36 Å². The number of amides is 1. The largest absolute Gasteiger partial charge is 0.450 e. The zero-order chi connectivity index (χ0) is 25.2. The molecule has 3 rings (SSSR count). The Labute approximate surface area is 206 Å². The molecule has 0 bridgehead atoms. The summed E-state index contributed by atoms with van der Waals surface area (Å²) in [7, 11) is -1.86. The maximum absolute atomic E-state index is 12.2. The Balaban J connectivity index is 1.83. The summed E-state index contributed by atoms with van der Waals surface area (Å²) in [6, 6.07) is 14.1. The van der Waals surface area contributed by atoms with E-state index in [0.717, 1.165) is 11.1 Å². The lowest BCUT2D eigenvalue weighted by molar-refractivity contribution is 0.164. The predicted molar refractivity (Wildman–Crippen MR) is 135 cm³/mol. The van der Waals surface area contributed by atoms with Crippen LogP contribution in [0.25, 0.3) is 0 Å². The van der Waals surface area contributed by atoms with Crippen LogP contribution in [0, 0.1) is 18.8 Å². The summed E-state index contributed by atoms with van der Waals surface area (Å²) in [6.07, 6.45) is 0.735. The van der Waals surface area contributed by atoms with Gasteiger partial charge in [-0.2, -0.15) is 4.98 Å². The topological polar surface area (TPSA) is 126 Å². The predicted octanol–water partition coefficient (Wildman–Crippen LogP) is 4.38. The molecule has 10 heteroatoms. The summed E-state index contributed by atoms with van der Waals surface area (Å²) in [5.41, 5.74) is 3.20. The number of ether oxygens (including phenoxy) is 1. The Morgan fingerprint density at radius 3 is 2.57 bits per heavy atom. The van der Waals surface area contributed by atoms with Gasteiger partial charge in [0.05, 0.1) is 25.0 Å². The fourth-order valence-corrected chi connectivity index (χ4v) is 3.49. The van der Waals surface area contributed by atoms with Crippen LogP contribution in [0.15, 0.2) is 64.0 Å². The van der Waals surface area contributed by atoms with Gasteiger partial charge in [0.25, 0.3) is 0 Å². The lowest BCUT2D eigenvalue weighted by Gasteiger charge is -2.14. The van der Waals surface area contributed by atoms with Crippen LogP contribution in [0.2, 0.25) is 0 Å². The van der Waals surface area contributed by atoms with E-state index in [2.05, 4.69) is 41.5 Å². The number of hydrogen-bond donors (Lipinski definition) is 3. The molecule has 2 aromatic carbocycles. The van der Waals surface area contributed by atoms with Gasteiger partial charge in [0.2, 0.25) is 5.95 Å². The highest BCUT2D eigenvalue weighted by Gasteiger charge is 2.09. The van der Waals surface area contributed by atoms with Crippen LogP contribution >= 0.6 is 0 Å². The van der Waals surface area contributed by atoms with E-state index in [1.54, 1.807) is 37.4 Å². The number of hydrogen-bond acceptors (Lipinski definition) is 9. The van der Waals surface area contributed by atoms with Gasteiger partial charge in [-0.25, -0.2) is 9.78 Å². The van der Waals surface area contributed by atoms with E-state index in [0.29, 0.717) is 27.9 Å². The number of rotatable bonds is 7. The maximum Gasteiger partial charge on any atom is 0.410 e. The zero-order valence-electron chi connectivity index (χ0n) is 19.6. The standard InChI is InChI=1S/C25H26N5O4S/c1-4-34-25(32)30-35(33)22-13-11-21(12-14-22)28-24-26-15-20(23(29-24)27-18(3)16-31)10-9-19-8-6-5-7-17(19)2/h5-8,11-15,18,31H,4,16H2,1-3H3,(H2,26,27,28,29)/q-1/t18-/m1/s1. The Bertz CT molecular complexity index is 1330. The molecule has 0 aliphatic heterocycles. The molecule has 3 aromatic rings. The lowest BCUT2D eigenvalue weighted by atomic mass is 10.1. The van der Waals surface area contributed by atoms with Gasteiger partial charge in [0, 0.05) is 17.3 Å². The third kappa shape index (κ3) is 7.53. The molecule has 0 saturated heterocycles. The Morgan fingerprint density at radius 1 is 1.17 bits per heavy atom. The highest BCUT2D eigenvalue weighted by molar-refractivity contribution is 7.75. The number of carbonyl (C=O) groups excluding carboxylic acids is 1. The van der Waals surface area contributed by atoms with Gasteiger partial charge in [-0.15, -0.1) is 10.6 Å². The first-order valence-corrected chi connectivity index (χ1v) is 12.0. The Hall–Kier alpha value is -3.94. The number of aryl methyl sites for hydroxylation is 1. The Morgan fingerprint density at radius 2 is 1.89 bits per heavy atom. The van der Waals surface area contributed by atoms with E-state index in [1.807, 2.05) is 38.1 Å². The number of nitrogens with zero attached hydrogens (tertiary/aromatic N) is 3. The maximum atomic E-state index is 12.2. The van der Waals surface area contributed by atoms with E-state index in [1.165, 1.54) is 0 Å². The molecule has 0 saturated carbocycles. The smallest absolute Gasteiger partial charge is 0.410 e. The van der Waals surface area contributed by atoms with Gasteiger partial charge < -0.3 is 24.7 Å². The van der Waals surface area contributed by atoms with Crippen molar-refractivity contribution in [1.29, 1.82) is 0 Å². The van der Waals surface area contributed by atoms with Gasteiger partial charge in [0.1, 0.15) is 5.82 Å². The number of anilines is 3. The molecule has 0 aliphatic rings. The number of nitrogens with one attached hydrogen (secondary N) is 2. The molecule has 9 nitrogen and oxygen atoms in total. The number of benzene rings is 2. The second-order valence-electron chi connectivity index (χ2n) is 7.44. The minimum Gasteiger partial charge on any atom is -0.450 e. The molecule has 0 unspecified atom stereocenters. The fourth-order valence-electron chi connectivity index (χ4n) is 2.82. The van der Waals surface area contributed by atoms with E-state index < -0.39 is 16.7 Å². The quantitative estimate of drug-likeness (QED) is 0.328. The van der Waals surface area contributed by atoms with Crippen molar-refractivity contribution in [3.05, 3.63) is 71.4 Å². The van der Waals surface area contributed by atoms with Crippen molar-refractivity contribution in [2.45, 2.75) is 31.7 Å². The number of aliphatic hydroxyl groups is 1. The first-order chi connectivity index (χ1) is 16.9. The van der Waals surface area contributed by atoms with Crippen LogP contribution in [0.5, 0.6) is 0 Å². The second kappa shape index (κ2) is 12.5. The molecule has 0 aliphatic carbocycles. The summed E-state index contributed by atoms with van der Waals surface area (Å²) in [6.45, 7) is 5.55. The summed E-state index contributed by atoms with van der Waals surface area (Å²) in [4.78, 5) is 20.6. The van der Waals surface area contributed by atoms with E-state index in [4.69, 9.17) is 0 Å². The fraction of sp³-hybridized carbons (Fsp3) is 0.240. The molecular weight excluding hydrogens is 466 g/mol. The van der Waals surface area contributed by atoms with Crippen molar-refractivity contribution in [1.82, 2.24) is 9.97 Å². The molecule has 0 spiro atoms. The first kappa shape index (κ1) is 25.7. The number of carbonyl (C=O) groups is 1. The van der Waals surface area contributed by atoms with Gasteiger partial charge in [-0.05, 0) is 44.5 Å². The van der Waals surface area contributed by atoms with Crippen molar-refractivity contribution >= 4 is 34.1 Å². The van der Waals surface area contributed by atoms with Crippen molar-refractivity contribution in [2.75, 3.05) is 23.8 Å². The lowest BCUT2D eigenvalue weighted by Crippen LogP contribution is -2.21. The van der Waals surface area contributed by atoms with Crippen molar-refractivity contribution in [3.8, 4) is 11.8 Å². The normalized spacial score (nSPS) is 12.2. The van der Waals surface area contributed by atoms with Gasteiger partial charge in [0.15, 0.2) is 0 Å². The van der Waals surface area contributed by atoms with E-state index in [9.17, 15) is 14.1 Å². The molecule has 35 heavy (non-hydrogen) atoms. The third-order valence-electron chi connectivity index (χ3n) is 4.66. The SMILES string of the molecule is CCOC(=O)N=[S-](=O)c1ccc(Nc2ncc(C#Cc3ccccc3C)c(N[C@H](C)CO)n2)cc1. The van der Waals surface area contributed by atoms with E-state index >= 15 is 0 Å². The van der Waals surface area contributed by atoms with Crippen LogP contribution < -0.4 is 10.6 Å². The van der Waals surface area contributed by atoms with E-state index in [-0.39, 0.29) is 19.3 Å². The Kier molecular flexibility index (Phi) is 9.17. The second-order valence-corrected chi connectivity index (χ2v) is 8.59. The highest BCUT2D eigenvalue weighted by atomic mass is 32.2. The van der Waals surface area contributed by atoms with Crippen LogP contribution in [-0.4, -0.2) is 40.4 Å². The summed E-state index contributed by atoms with van der Waals surface area (Å²) in [5, 5.41) is 15.7. The molecule has 1 atom stereocenters. The summed E-state index contributed by atoms with van der Waals surface area (Å²) in [5.74, 6) is 7.04. The van der Waals surface area contributed by atoms with Gasteiger partial charge >= 0.3 is 6.09 Å². The molecule has 0 radical (unpaired) electrons. The van der Waals surface area contributed by atoms with Crippen LogP contribution in [-0.2, 0) is 19.5 Å². The minimum absolute atomic E-state index is 0.0765. The van der Waals surface area contributed by atoms with Crippen LogP contribution in [0.4, 0.5) is 22.2 Å². The van der Waals surface area contributed by atoms with Crippen LogP contribution in [0.1, 0.15) is 30.5 Å². The minimum atomic E-state index is -1.86. The first-order valence-electron chi connectivity index (χ1n) is 10.9. The summed E-state index contributed by atoms with van der Waals surface area (Å²) >= 11 is 0. The third-order valence-corrected chi connectivity index (χ3v) is 5.65. The van der Waals surface area contributed by atoms with Gasteiger partial charge in [-0.3, -0.25) is 4.36 Å². The van der Waals surface area contributed by atoms with Gasteiger partial charge in [-0.1, -0.05) is 47.1 Å².